The maximum Gasteiger partial charge on any atom is 0.244 e. The molecular formula is C10H10FN3OS. The van der Waals surface area contributed by atoms with Crippen LogP contribution in [0.2, 0.25) is 0 Å². The Morgan fingerprint density at radius 2 is 2.50 bits per heavy atom. The molecule has 0 unspecified atom stereocenters. The van der Waals surface area contributed by atoms with Gasteiger partial charge in [0.05, 0.1) is 10.9 Å². The Bertz CT molecular complexity index is 470. The molecule has 0 saturated carbocycles. The van der Waals surface area contributed by atoms with Gasteiger partial charge in [0, 0.05) is 13.0 Å². The van der Waals surface area contributed by atoms with E-state index in [0.717, 1.165) is 4.88 Å². The van der Waals surface area contributed by atoms with Gasteiger partial charge in [0.15, 0.2) is 0 Å². The highest BCUT2D eigenvalue weighted by Crippen LogP contribution is 2.27. The monoisotopic (exact) mass is 239 g/mol. The predicted octanol–water partition coefficient (Wildman–Crippen LogP) is 2.17. The summed E-state index contributed by atoms with van der Waals surface area (Å²) in [5, 5.41) is 8.86. The third-order valence-corrected chi connectivity index (χ3v) is 3.42. The number of thiophene rings is 1. The Hall–Kier alpha value is -1.27. The van der Waals surface area contributed by atoms with Crippen molar-refractivity contribution in [2.45, 2.75) is 18.6 Å². The number of hydrogen-bond acceptors (Lipinski definition) is 5. The van der Waals surface area contributed by atoms with Crippen LogP contribution in [0.1, 0.15) is 18.4 Å². The molecule has 1 fully saturated rings. The van der Waals surface area contributed by atoms with E-state index in [-0.39, 0.29) is 6.04 Å². The molecule has 3 heterocycles. The molecule has 1 aliphatic heterocycles. The van der Waals surface area contributed by atoms with Gasteiger partial charge in [0.25, 0.3) is 0 Å². The van der Waals surface area contributed by atoms with Crippen LogP contribution >= 0.6 is 11.3 Å². The number of halogens is 1. The molecule has 84 valence electrons. The lowest BCUT2D eigenvalue weighted by atomic mass is 10.2. The van der Waals surface area contributed by atoms with Crippen LogP contribution in [0.15, 0.2) is 22.0 Å². The molecule has 1 aliphatic rings. The predicted molar refractivity (Wildman–Crippen MR) is 57.9 cm³/mol. The van der Waals surface area contributed by atoms with Crippen molar-refractivity contribution in [3.63, 3.8) is 0 Å². The van der Waals surface area contributed by atoms with Crippen LogP contribution in [-0.4, -0.2) is 22.9 Å². The molecule has 16 heavy (non-hydrogen) atoms. The summed E-state index contributed by atoms with van der Waals surface area (Å²) in [6.45, 7) is 0.362. The highest BCUT2D eigenvalue weighted by Gasteiger charge is 2.29. The molecule has 1 N–H and O–H groups in total. The average molecular weight is 239 g/mol. The van der Waals surface area contributed by atoms with E-state index in [2.05, 4.69) is 15.5 Å². The zero-order valence-electron chi connectivity index (χ0n) is 8.39. The van der Waals surface area contributed by atoms with E-state index in [9.17, 15) is 4.39 Å². The van der Waals surface area contributed by atoms with Gasteiger partial charge in [-0.2, -0.15) is 4.98 Å². The number of rotatable bonds is 2. The minimum absolute atomic E-state index is 0.142. The Labute approximate surface area is 95.5 Å². The molecule has 2 atom stereocenters. The number of nitrogens with zero attached hydrogens (tertiary/aromatic N) is 2. The highest BCUT2D eigenvalue weighted by molar-refractivity contribution is 7.13. The summed E-state index contributed by atoms with van der Waals surface area (Å²) in [7, 11) is 0. The Kier molecular flexibility index (Phi) is 2.45. The number of hydrogen-bond donors (Lipinski definition) is 1. The van der Waals surface area contributed by atoms with Gasteiger partial charge in [-0.15, -0.1) is 11.3 Å². The van der Waals surface area contributed by atoms with Gasteiger partial charge in [-0.1, -0.05) is 11.2 Å². The van der Waals surface area contributed by atoms with E-state index in [4.69, 9.17) is 4.52 Å². The van der Waals surface area contributed by atoms with Crippen molar-refractivity contribution in [3.05, 3.63) is 23.4 Å². The van der Waals surface area contributed by atoms with Crippen LogP contribution < -0.4 is 5.32 Å². The maximum atomic E-state index is 13.0. The van der Waals surface area contributed by atoms with Crippen LogP contribution in [0.3, 0.4) is 0 Å². The van der Waals surface area contributed by atoms with Gasteiger partial charge < -0.3 is 9.84 Å². The van der Waals surface area contributed by atoms with Gasteiger partial charge in [-0.25, -0.2) is 4.39 Å². The van der Waals surface area contributed by atoms with Crippen LogP contribution in [-0.2, 0) is 0 Å². The smallest absolute Gasteiger partial charge is 0.244 e. The molecule has 0 aliphatic carbocycles. The minimum Gasteiger partial charge on any atom is -0.337 e. The number of alkyl halides is 1. The SMILES string of the molecule is F[C@H]1CN[C@@H](c2nc(-c3cccs3)no2)C1. The molecule has 0 amide bonds. The average Bonchev–Trinajstić information content (AvgIpc) is 2.97. The lowest BCUT2D eigenvalue weighted by Crippen LogP contribution is -2.14. The van der Waals surface area contributed by atoms with Gasteiger partial charge in [0.1, 0.15) is 6.17 Å². The van der Waals surface area contributed by atoms with E-state index < -0.39 is 6.17 Å². The highest BCUT2D eigenvalue weighted by atomic mass is 32.1. The van der Waals surface area contributed by atoms with Gasteiger partial charge >= 0.3 is 0 Å². The first-order chi connectivity index (χ1) is 7.83. The standard InChI is InChI=1S/C10H10FN3OS/c11-6-4-7(12-5-6)10-13-9(14-15-10)8-2-1-3-16-8/h1-3,6-7,12H,4-5H2/t6-,7-/m1/s1. The van der Waals surface area contributed by atoms with Crippen molar-refractivity contribution in [3.8, 4) is 10.7 Å². The van der Waals surface area contributed by atoms with Gasteiger partial charge in [-0.3, -0.25) is 0 Å². The fourth-order valence-corrected chi connectivity index (χ4v) is 2.41. The minimum atomic E-state index is -0.818. The van der Waals surface area contributed by atoms with E-state index in [1.54, 1.807) is 11.3 Å². The summed E-state index contributed by atoms with van der Waals surface area (Å²) < 4.78 is 18.1. The number of aromatic nitrogens is 2. The summed E-state index contributed by atoms with van der Waals surface area (Å²) in [5.41, 5.74) is 0. The topological polar surface area (TPSA) is 51.0 Å². The van der Waals surface area contributed by atoms with E-state index >= 15 is 0 Å². The first-order valence-electron chi connectivity index (χ1n) is 5.08. The van der Waals surface area contributed by atoms with Crippen molar-refractivity contribution in [2.24, 2.45) is 0 Å². The fraction of sp³-hybridized carbons (Fsp3) is 0.400. The Morgan fingerprint density at radius 3 is 3.19 bits per heavy atom. The molecule has 0 spiro atoms. The first-order valence-corrected chi connectivity index (χ1v) is 5.96. The van der Waals surface area contributed by atoms with E-state index in [1.807, 2.05) is 17.5 Å². The second kappa shape index (κ2) is 3.95. The molecule has 2 aromatic rings. The van der Waals surface area contributed by atoms with Crippen molar-refractivity contribution in [1.29, 1.82) is 0 Å². The zero-order chi connectivity index (χ0) is 11.0. The largest absolute Gasteiger partial charge is 0.337 e. The van der Waals surface area contributed by atoms with Crippen molar-refractivity contribution < 1.29 is 8.91 Å². The Balaban J connectivity index is 1.83. The van der Waals surface area contributed by atoms with Gasteiger partial charge in [-0.05, 0) is 11.4 Å². The third kappa shape index (κ3) is 1.74. The van der Waals surface area contributed by atoms with E-state index in [1.165, 1.54) is 0 Å². The third-order valence-electron chi connectivity index (χ3n) is 2.56. The number of nitrogens with one attached hydrogen (secondary N) is 1. The molecular weight excluding hydrogens is 229 g/mol. The molecule has 1 saturated heterocycles. The summed E-state index contributed by atoms with van der Waals surface area (Å²) in [6, 6.07) is 3.72. The maximum absolute atomic E-state index is 13.0. The molecule has 4 nitrogen and oxygen atoms in total. The molecule has 0 radical (unpaired) electrons. The van der Waals surface area contributed by atoms with Crippen LogP contribution in [0.5, 0.6) is 0 Å². The molecule has 3 rings (SSSR count). The lowest BCUT2D eigenvalue weighted by Gasteiger charge is -2.00. The Morgan fingerprint density at radius 1 is 1.56 bits per heavy atom. The summed E-state index contributed by atoms with van der Waals surface area (Å²) in [4.78, 5) is 5.24. The van der Waals surface area contributed by atoms with E-state index in [0.29, 0.717) is 24.7 Å². The summed E-state index contributed by atoms with van der Waals surface area (Å²) >= 11 is 1.55. The molecule has 6 heteroatoms. The second-order valence-electron chi connectivity index (χ2n) is 3.73. The lowest BCUT2D eigenvalue weighted by molar-refractivity contribution is 0.324. The fourth-order valence-electron chi connectivity index (χ4n) is 1.76. The quantitative estimate of drug-likeness (QED) is 0.872. The zero-order valence-corrected chi connectivity index (χ0v) is 9.21. The van der Waals surface area contributed by atoms with Crippen molar-refractivity contribution >= 4 is 11.3 Å². The van der Waals surface area contributed by atoms with Gasteiger partial charge in [0.2, 0.25) is 11.7 Å². The first kappa shape index (κ1) is 9.92. The van der Waals surface area contributed by atoms with Crippen LogP contribution in [0.25, 0.3) is 10.7 Å². The van der Waals surface area contributed by atoms with Crippen LogP contribution in [0.4, 0.5) is 4.39 Å². The summed E-state index contributed by atoms with van der Waals surface area (Å²) in [6.07, 6.45) is -0.409. The van der Waals surface area contributed by atoms with Crippen molar-refractivity contribution in [2.75, 3.05) is 6.54 Å². The van der Waals surface area contributed by atoms with Crippen LogP contribution in [0, 0.1) is 0 Å². The summed E-state index contributed by atoms with van der Waals surface area (Å²) in [5.74, 6) is 1.05. The second-order valence-corrected chi connectivity index (χ2v) is 4.68. The molecule has 2 aromatic heterocycles. The normalized spacial score (nSPS) is 25.1. The molecule has 0 aromatic carbocycles. The van der Waals surface area contributed by atoms with Crippen molar-refractivity contribution in [1.82, 2.24) is 15.5 Å². The molecule has 0 bridgehead atoms.